The fraction of sp³-hybridized carbons (Fsp3) is 0.0400. The number of hydrogen-bond acceptors (Lipinski definition) is 3. The summed E-state index contributed by atoms with van der Waals surface area (Å²) in [6.45, 7) is 0.488. The Morgan fingerprint density at radius 2 is 1.53 bits per heavy atom. The van der Waals surface area contributed by atoms with E-state index in [2.05, 4.69) is 34.0 Å². The SMILES string of the molecule is S=C(N/N=C/c1c(OCc2ccccc2)ccc2ccccc12)Nc1ccccc1. The molecule has 0 amide bonds. The highest BCUT2D eigenvalue weighted by atomic mass is 32.1. The van der Waals surface area contributed by atoms with E-state index in [4.69, 9.17) is 17.0 Å². The lowest BCUT2D eigenvalue weighted by Crippen LogP contribution is -2.23. The van der Waals surface area contributed by atoms with Gasteiger partial charge in [-0.2, -0.15) is 5.10 Å². The summed E-state index contributed by atoms with van der Waals surface area (Å²) in [5.41, 5.74) is 5.80. The quantitative estimate of drug-likeness (QED) is 0.241. The van der Waals surface area contributed by atoms with Crippen molar-refractivity contribution in [3.63, 3.8) is 0 Å². The smallest absolute Gasteiger partial charge is 0.191 e. The second-order valence-corrected chi connectivity index (χ2v) is 7.07. The number of hydrazone groups is 1. The van der Waals surface area contributed by atoms with Crippen LogP contribution < -0.4 is 15.5 Å². The van der Waals surface area contributed by atoms with Gasteiger partial charge in [-0.25, -0.2) is 0 Å². The first-order valence-corrected chi connectivity index (χ1v) is 10.0. The molecule has 0 fully saturated rings. The Kier molecular flexibility index (Phi) is 6.32. The molecule has 0 aromatic heterocycles. The highest BCUT2D eigenvalue weighted by Gasteiger charge is 2.08. The Labute approximate surface area is 181 Å². The number of ether oxygens (including phenoxy) is 1. The summed E-state index contributed by atoms with van der Waals surface area (Å²) in [5.74, 6) is 0.769. The van der Waals surface area contributed by atoms with Crippen LogP contribution in [0.2, 0.25) is 0 Å². The lowest BCUT2D eigenvalue weighted by atomic mass is 10.0. The molecule has 0 unspecified atom stereocenters. The molecule has 148 valence electrons. The largest absolute Gasteiger partial charge is 0.488 e. The zero-order valence-electron chi connectivity index (χ0n) is 16.3. The van der Waals surface area contributed by atoms with E-state index < -0.39 is 0 Å². The molecule has 0 aliphatic heterocycles. The molecule has 0 atom stereocenters. The van der Waals surface area contributed by atoms with Crippen molar-refractivity contribution in [1.82, 2.24) is 5.43 Å². The second-order valence-electron chi connectivity index (χ2n) is 6.66. The van der Waals surface area contributed by atoms with Crippen molar-refractivity contribution in [3.8, 4) is 5.75 Å². The Bertz CT molecular complexity index is 1160. The predicted octanol–water partition coefficient (Wildman–Crippen LogP) is 5.74. The summed E-state index contributed by atoms with van der Waals surface area (Å²) in [4.78, 5) is 0. The summed E-state index contributed by atoms with van der Waals surface area (Å²) in [7, 11) is 0. The Hall–Kier alpha value is -3.70. The fourth-order valence-corrected chi connectivity index (χ4v) is 3.28. The van der Waals surface area contributed by atoms with Crippen LogP contribution in [0.4, 0.5) is 5.69 Å². The Morgan fingerprint density at radius 3 is 2.33 bits per heavy atom. The maximum Gasteiger partial charge on any atom is 0.191 e. The average Bonchev–Trinajstić information content (AvgIpc) is 2.79. The van der Waals surface area contributed by atoms with Crippen molar-refractivity contribution in [1.29, 1.82) is 0 Å². The maximum atomic E-state index is 6.12. The molecule has 0 aliphatic rings. The van der Waals surface area contributed by atoms with E-state index in [0.717, 1.165) is 33.3 Å². The van der Waals surface area contributed by atoms with Gasteiger partial charge in [0.1, 0.15) is 12.4 Å². The minimum absolute atomic E-state index is 0.421. The van der Waals surface area contributed by atoms with Crippen LogP contribution >= 0.6 is 12.2 Å². The van der Waals surface area contributed by atoms with Crippen molar-refractivity contribution in [3.05, 3.63) is 108 Å². The van der Waals surface area contributed by atoms with Crippen LogP contribution in [0.25, 0.3) is 10.8 Å². The van der Waals surface area contributed by atoms with E-state index in [1.54, 1.807) is 6.21 Å². The zero-order chi connectivity index (χ0) is 20.6. The number of benzene rings is 4. The van der Waals surface area contributed by atoms with Crippen LogP contribution in [0.15, 0.2) is 102 Å². The summed E-state index contributed by atoms with van der Waals surface area (Å²) < 4.78 is 6.12. The number of anilines is 1. The van der Waals surface area contributed by atoms with Crippen molar-refractivity contribution in [2.45, 2.75) is 6.61 Å². The van der Waals surface area contributed by atoms with E-state index in [-0.39, 0.29) is 0 Å². The zero-order valence-corrected chi connectivity index (χ0v) is 17.1. The first-order chi connectivity index (χ1) is 14.8. The number of thiocarbonyl (C=S) groups is 1. The highest BCUT2D eigenvalue weighted by Crippen LogP contribution is 2.27. The second kappa shape index (κ2) is 9.67. The van der Waals surface area contributed by atoms with Crippen LogP contribution in [0, 0.1) is 0 Å². The molecule has 0 saturated heterocycles. The molecular formula is C25H21N3OS. The number of nitrogens with one attached hydrogen (secondary N) is 2. The average molecular weight is 412 g/mol. The van der Waals surface area contributed by atoms with Gasteiger partial charge in [0.2, 0.25) is 0 Å². The van der Waals surface area contributed by atoms with Crippen LogP contribution in [-0.2, 0) is 6.61 Å². The molecule has 4 aromatic carbocycles. The van der Waals surface area contributed by atoms with Crippen LogP contribution in [0.1, 0.15) is 11.1 Å². The van der Waals surface area contributed by atoms with Gasteiger partial charge in [0.15, 0.2) is 5.11 Å². The third-order valence-corrected chi connectivity index (χ3v) is 4.75. The number of fused-ring (bicyclic) bond motifs is 1. The molecule has 0 radical (unpaired) electrons. The highest BCUT2D eigenvalue weighted by molar-refractivity contribution is 7.80. The molecule has 4 aromatic rings. The van der Waals surface area contributed by atoms with Gasteiger partial charge in [-0.15, -0.1) is 0 Å². The number of nitrogens with zero attached hydrogens (tertiary/aromatic N) is 1. The first-order valence-electron chi connectivity index (χ1n) is 9.63. The Morgan fingerprint density at radius 1 is 0.833 bits per heavy atom. The van der Waals surface area contributed by atoms with Crippen LogP contribution in [0.3, 0.4) is 0 Å². The van der Waals surface area contributed by atoms with E-state index in [9.17, 15) is 0 Å². The van der Waals surface area contributed by atoms with E-state index in [1.807, 2.05) is 78.9 Å². The van der Waals surface area contributed by atoms with Gasteiger partial charge in [-0.1, -0.05) is 78.9 Å². The standard InChI is InChI=1S/C25H21N3OS/c30-25(27-21-12-5-2-6-13-21)28-26-17-23-22-14-8-7-11-20(22)15-16-24(23)29-18-19-9-3-1-4-10-19/h1-17H,18H2,(H2,27,28,30)/b26-17+. The van der Waals surface area contributed by atoms with Gasteiger partial charge in [0, 0.05) is 11.3 Å². The number of rotatable bonds is 6. The van der Waals surface area contributed by atoms with Crippen molar-refractivity contribution >= 4 is 40.0 Å². The molecule has 0 saturated carbocycles. The van der Waals surface area contributed by atoms with Crippen molar-refractivity contribution in [2.24, 2.45) is 5.10 Å². The molecule has 0 aliphatic carbocycles. The molecule has 0 heterocycles. The molecule has 0 bridgehead atoms. The fourth-order valence-electron chi connectivity index (χ4n) is 3.11. The maximum absolute atomic E-state index is 6.12. The van der Waals surface area contributed by atoms with E-state index in [1.165, 1.54) is 0 Å². The summed E-state index contributed by atoms with van der Waals surface area (Å²) >= 11 is 5.33. The molecule has 2 N–H and O–H groups in total. The minimum Gasteiger partial charge on any atom is -0.488 e. The van der Waals surface area contributed by atoms with Gasteiger partial charge in [-0.3, -0.25) is 5.43 Å². The topological polar surface area (TPSA) is 45.7 Å². The van der Waals surface area contributed by atoms with Crippen LogP contribution in [-0.4, -0.2) is 11.3 Å². The summed E-state index contributed by atoms with van der Waals surface area (Å²) in [5, 5.41) is 10.1. The van der Waals surface area contributed by atoms with Gasteiger partial charge >= 0.3 is 0 Å². The minimum atomic E-state index is 0.421. The molecule has 0 spiro atoms. The van der Waals surface area contributed by atoms with Gasteiger partial charge in [0.25, 0.3) is 0 Å². The lowest BCUT2D eigenvalue weighted by molar-refractivity contribution is 0.306. The summed E-state index contributed by atoms with van der Waals surface area (Å²) in [6, 6.07) is 32.0. The molecule has 30 heavy (non-hydrogen) atoms. The predicted molar refractivity (Wildman–Crippen MR) is 128 cm³/mol. The lowest BCUT2D eigenvalue weighted by Gasteiger charge is -2.12. The van der Waals surface area contributed by atoms with Gasteiger partial charge in [-0.05, 0) is 46.8 Å². The normalized spacial score (nSPS) is 10.8. The van der Waals surface area contributed by atoms with E-state index in [0.29, 0.717) is 11.7 Å². The third kappa shape index (κ3) is 5.01. The van der Waals surface area contributed by atoms with Gasteiger partial charge in [0.05, 0.1) is 6.21 Å². The molecule has 4 rings (SSSR count). The first kappa shape index (κ1) is 19.6. The Balaban J connectivity index is 1.53. The van der Waals surface area contributed by atoms with Crippen molar-refractivity contribution in [2.75, 3.05) is 5.32 Å². The monoisotopic (exact) mass is 411 g/mol. The summed E-state index contributed by atoms with van der Waals surface area (Å²) in [6.07, 6.45) is 1.75. The van der Waals surface area contributed by atoms with Gasteiger partial charge < -0.3 is 10.1 Å². The van der Waals surface area contributed by atoms with Crippen LogP contribution in [0.5, 0.6) is 5.75 Å². The third-order valence-electron chi connectivity index (χ3n) is 4.56. The van der Waals surface area contributed by atoms with Crippen molar-refractivity contribution < 1.29 is 4.74 Å². The molecular weight excluding hydrogens is 390 g/mol. The number of hydrogen-bond donors (Lipinski definition) is 2. The molecule has 4 nitrogen and oxygen atoms in total. The molecule has 5 heteroatoms. The number of para-hydroxylation sites is 1. The van der Waals surface area contributed by atoms with E-state index >= 15 is 0 Å².